The van der Waals surface area contributed by atoms with Gasteiger partial charge in [-0.1, -0.05) is 25.5 Å². The van der Waals surface area contributed by atoms with Gasteiger partial charge in [0.2, 0.25) is 0 Å². The van der Waals surface area contributed by atoms with Crippen molar-refractivity contribution in [2.75, 3.05) is 0 Å². The van der Waals surface area contributed by atoms with Gasteiger partial charge in [-0.25, -0.2) is 0 Å². The van der Waals surface area contributed by atoms with Gasteiger partial charge in [-0.3, -0.25) is 0 Å². The molecule has 72 valence electrons. The first-order valence-electron chi connectivity index (χ1n) is 4.84. The Hall–Kier alpha value is 1.09. The van der Waals surface area contributed by atoms with Crippen molar-refractivity contribution in [3.63, 3.8) is 0 Å². The van der Waals surface area contributed by atoms with Crippen molar-refractivity contribution in [2.24, 2.45) is 11.3 Å². The number of allylic oxidation sites excluding steroid dienone is 2. The molecule has 0 aromatic carbocycles. The van der Waals surface area contributed by atoms with Crippen molar-refractivity contribution in [1.29, 1.82) is 0 Å². The summed E-state index contributed by atoms with van der Waals surface area (Å²) in [6, 6.07) is 0. The third-order valence-electron chi connectivity index (χ3n) is 3.56. The van der Waals surface area contributed by atoms with Crippen LogP contribution in [0.4, 0.5) is 0 Å². The SMILES string of the molecule is [CH2-]C[C@@]1(C)C(C)=CCC[C@@H]1C.[Zn+][I]. The van der Waals surface area contributed by atoms with Crippen LogP contribution >= 0.6 is 19.8 Å². The first kappa shape index (κ1) is 14.1. The third kappa shape index (κ3) is 3.30. The number of hydrogen-bond acceptors (Lipinski definition) is 0. The van der Waals surface area contributed by atoms with E-state index in [1.807, 2.05) is 0 Å². The molecule has 13 heavy (non-hydrogen) atoms. The first-order chi connectivity index (χ1) is 6.11. The van der Waals surface area contributed by atoms with Crippen LogP contribution in [-0.2, 0) is 14.8 Å². The van der Waals surface area contributed by atoms with E-state index in [0.29, 0.717) is 5.41 Å². The fourth-order valence-electron chi connectivity index (χ4n) is 1.93. The summed E-state index contributed by atoms with van der Waals surface area (Å²) in [4.78, 5) is 0. The topological polar surface area (TPSA) is 0 Å². The van der Waals surface area contributed by atoms with Crippen LogP contribution in [0.5, 0.6) is 0 Å². The second kappa shape index (κ2) is 6.55. The summed E-state index contributed by atoms with van der Waals surface area (Å²) >= 11 is 3.62. The van der Waals surface area contributed by atoms with E-state index in [0.717, 1.165) is 12.3 Å². The maximum absolute atomic E-state index is 4.04. The number of halogens is 1. The van der Waals surface area contributed by atoms with E-state index in [1.165, 1.54) is 27.6 Å². The molecule has 1 rings (SSSR count). The molecule has 0 saturated heterocycles. The maximum atomic E-state index is 4.04. The third-order valence-corrected chi connectivity index (χ3v) is 3.56. The van der Waals surface area contributed by atoms with E-state index in [2.05, 4.69) is 53.5 Å². The van der Waals surface area contributed by atoms with E-state index < -0.39 is 0 Å². The summed E-state index contributed by atoms with van der Waals surface area (Å²) in [5, 5.41) is 0. The summed E-state index contributed by atoms with van der Waals surface area (Å²) < 4.78 is 0. The van der Waals surface area contributed by atoms with E-state index >= 15 is 0 Å². The van der Waals surface area contributed by atoms with Gasteiger partial charge in [0.15, 0.2) is 0 Å². The molecule has 1 aliphatic carbocycles. The van der Waals surface area contributed by atoms with Crippen molar-refractivity contribution in [2.45, 2.75) is 40.0 Å². The van der Waals surface area contributed by atoms with Crippen LogP contribution < -0.4 is 0 Å². The first-order valence-corrected chi connectivity index (χ1v) is 13.9. The van der Waals surface area contributed by atoms with Crippen LogP contribution in [0.3, 0.4) is 0 Å². The predicted octanol–water partition coefficient (Wildman–Crippen LogP) is 4.48. The molecular formula is C11H19IZn. The number of rotatable bonds is 1. The van der Waals surface area contributed by atoms with Crippen LogP contribution in [0.15, 0.2) is 11.6 Å². The van der Waals surface area contributed by atoms with Gasteiger partial charge < -0.3 is 6.92 Å². The molecule has 0 aromatic heterocycles. The molecule has 0 spiro atoms. The van der Waals surface area contributed by atoms with Crippen molar-refractivity contribution >= 4 is 19.8 Å². The van der Waals surface area contributed by atoms with Crippen molar-refractivity contribution in [3.05, 3.63) is 18.6 Å². The predicted molar refractivity (Wildman–Crippen MR) is 64.3 cm³/mol. The standard InChI is InChI=1S/C11H19.HI.Zn/c1-5-11(4)9(2)7-6-8-10(11)3;;/h7,10H,1,5-6,8H2,2-4H3;1H;/q-1;;+2/p-1/t10-,11-;;/m0../s1. The average molecular weight is 344 g/mol. The summed E-state index contributed by atoms with van der Waals surface area (Å²) in [5.74, 6) is 0.810. The van der Waals surface area contributed by atoms with Gasteiger partial charge in [-0.15, -0.1) is 0 Å². The molecule has 0 aliphatic heterocycles. The Labute approximate surface area is 104 Å². The van der Waals surface area contributed by atoms with Gasteiger partial charge in [0.05, 0.1) is 0 Å². The molecule has 0 nitrogen and oxygen atoms in total. The molecule has 0 amide bonds. The molecule has 0 saturated carbocycles. The molecule has 0 heterocycles. The Balaban J connectivity index is 0.000000671. The summed E-state index contributed by atoms with van der Waals surface area (Å²) in [6.07, 6.45) is 6.02. The van der Waals surface area contributed by atoms with Gasteiger partial charge in [-0.2, -0.15) is 6.42 Å². The normalized spacial score (nSPS) is 33.2. The van der Waals surface area contributed by atoms with E-state index in [4.69, 9.17) is 0 Å². The second-order valence-electron chi connectivity index (χ2n) is 4.03. The van der Waals surface area contributed by atoms with Crippen LogP contribution in [0.1, 0.15) is 40.0 Å². The van der Waals surface area contributed by atoms with Crippen LogP contribution in [0.25, 0.3) is 0 Å². The van der Waals surface area contributed by atoms with Gasteiger partial charge in [-0.05, 0) is 31.1 Å². The fraction of sp³-hybridized carbons (Fsp3) is 0.727. The van der Waals surface area contributed by atoms with Gasteiger partial charge in [0, 0.05) is 0 Å². The second-order valence-corrected chi connectivity index (χ2v) is 4.03. The van der Waals surface area contributed by atoms with Crippen molar-refractivity contribution in [3.8, 4) is 0 Å². The van der Waals surface area contributed by atoms with Crippen molar-refractivity contribution in [1.82, 2.24) is 0 Å². The summed E-state index contributed by atoms with van der Waals surface area (Å²) in [5.41, 5.74) is 1.93. The van der Waals surface area contributed by atoms with Crippen LogP contribution in [0.2, 0.25) is 0 Å². The Kier molecular flexibility index (Phi) is 7.10. The van der Waals surface area contributed by atoms with Crippen LogP contribution in [-0.4, -0.2) is 0 Å². The monoisotopic (exact) mass is 342 g/mol. The molecule has 0 fully saturated rings. The molecule has 0 aromatic rings. The zero-order valence-electron chi connectivity index (χ0n) is 9.07. The fourth-order valence-corrected chi connectivity index (χ4v) is 1.93. The quantitative estimate of drug-likeness (QED) is 0.285. The Bertz CT molecular complexity index is 177. The van der Waals surface area contributed by atoms with Crippen molar-refractivity contribution < 1.29 is 14.8 Å². The summed E-state index contributed by atoms with van der Waals surface area (Å²) in [7, 11) is 0. The zero-order valence-corrected chi connectivity index (χ0v) is 14.2. The molecular weight excluding hydrogens is 324 g/mol. The molecule has 0 bridgehead atoms. The molecule has 0 N–H and O–H groups in total. The summed E-state index contributed by atoms with van der Waals surface area (Å²) in [6.45, 7) is 11.0. The Morgan fingerprint density at radius 1 is 1.69 bits per heavy atom. The molecule has 0 unspecified atom stereocenters. The van der Waals surface area contributed by atoms with Gasteiger partial charge >= 0.3 is 34.5 Å². The molecule has 2 atom stereocenters. The van der Waals surface area contributed by atoms with E-state index in [-0.39, 0.29) is 0 Å². The van der Waals surface area contributed by atoms with Gasteiger partial charge in [0.1, 0.15) is 0 Å². The Morgan fingerprint density at radius 2 is 2.23 bits per heavy atom. The average Bonchev–Trinajstić information content (AvgIpc) is 2.17. The Morgan fingerprint density at radius 3 is 2.54 bits per heavy atom. The van der Waals surface area contributed by atoms with E-state index in [1.54, 1.807) is 5.57 Å². The minimum absolute atomic E-state index is 0.387. The number of hydrogen-bond donors (Lipinski definition) is 0. The minimum atomic E-state index is 0.387. The molecule has 0 radical (unpaired) electrons. The molecule has 2 heteroatoms. The molecule has 1 aliphatic rings. The van der Waals surface area contributed by atoms with E-state index in [9.17, 15) is 0 Å². The zero-order chi connectivity index (χ0) is 10.5. The van der Waals surface area contributed by atoms with Gasteiger partial charge in [0.25, 0.3) is 0 Å². The van der Waals surface area contributed by atoms with Crippen LogP contribution in [0, 0.1) is 18.3 Å².